The summed E-state index contributed by atoms with van der Waals surface area (Å²) in [5, 5.41) is 10.6. The minimum absolute atomic E-state index is 0.00652. The van der Waals surface area contributed by atoms with Crippen LogP contribution in [-0.4, -0.2) is 13.9 Å². The van der Waals surface area contributed by atoms with Gasteiger partial charge in [0.1, 0.15) is 11.0 Å². The Morgan fingerprint density at radius 1 is 0.356 bits per heavy atom. The van der Waals surface area contributed by atoms with Gasteiger partial charge in [0.15, 0.2) is 11.6 Å². The molecule has 0 fully saturated rings. The van der Waals surface area contributed by atoms with E-state index in [1.165, 1.54) is 256 Å². The molecule has 0 spiro atoms. The molecular formula is C77H102F2N2OS8. The summed E-state index contributed by atoms with van der Waals surface area (Å²) in [5.74, 6) is -0.530. The second-order valence-electron chi connectivity index (χ2n) is 25.8. The number of fused-ring (bicyclic) bond motifs is 1. The highest BCUT2D eigenvalue weighted by Crippen LogP contribution is 2.51. The molecule has 90 heavy (non-hydrogen) atoms. The number of benzene rings is 1. The summed E-state index contributed by atoms with van der Waals surface area (Å²) in [6.45, 7) is 13.5. The lowest BCUT2D eigenvalue weighted by molar-refractivity contribution is 0.283. The van der Waals surface area contributed by atoms with E-state index in [2.05, 4.69) is 108 Å². The maximum absolute atomic E-state index is 17.7. The third kappa shape index (κ3) is 19.9. The highest BCUT2D eigenvalue weighted by Gasteiger charge is 2.30. The van der Waals surface area contributed by atoms with Crippen molar-refractivity contribution in [1.82, 2.24) is 8.75 Å². The fraction of sp³-hybridized carbons (Fsp3) is 0.558. The third-order valence-electron chi connectivity index (χ3n) is 18.5. The van der Waals surface area contributed by atoms with E-state index in [4.69, 9.17) is 8.75 Å². The standard InChI is InChI=1S/C77H102F2N2OS8/c1-7-11-15-19-23-25-29-33-36-55(35-31-27-21-17-13-9-3)47-57-49-68(84-54(57)6)70-72(78)73(79)71(75-74(70)80-90-81-75)69-50-58(48-56(37-32-28-22-18-14-10-4)38-34-30-26-24-20-16-12-8-2)76(89-69)65-45-44-63(87-65)62-41-42-64(85-62)67-51-59(52-82)77(88-67)66-46-43-61(86-66)60-40-39-53(5)83-60/h39-46,49-51,55-56,82H,7-38,47-48,52H2,1-6H3. The van der Waals surface area contributed by atoms with Crippen LogP contribution in [-0.2, 0) is 19.4 Å². The van der Waals surface area contributed by atoms with Crippen molar-refractivity contribution in [2.24, 2.45) is 11.8 Å². The van der Waals surface area contributed by atoms with Gasteiger partial charge < -0.3 is 5.11 Å². The van der Waals surface area contributed by atoms with Crippen molar-refractivity contribution in [3.8, 4) is 69.7 Å². The van der Waals surface area contributed by atoms with Gasteiger partial charge in [-0.05, 0) is 122 Å². The molecule has 488 valence electrons. The van der Waals surface area contributed by atoms with Crippen molar-refractivity contribution in [3.05, 3.63) is 105 Å². The van der Waals surface area contributed by atoms with Gasteiger partial charge in [-0.25, -0.2) is 8.78 Å². The van der Waals surface area contributed by atoms with Gasteiger partial charge in [0, 0.05) is 63.4 Å². The highest BCUT2D eigenvalue weighted by molar-refractivity contribution is 7.30. The topological polar surface area (TPSA) is 46.0 Å². The number of hydrogen-bond acceptors (Lipinski definition) is 11. The zero-order valence-corrected chi connectivity index (χ0v) is 61.6. The number of unbranched alkanes of at least 4 members (excludes halogenated alkanes) is 24. The number of hydrogen-bond donors (Lipinski definition) is 1. The van der Waals surface area contributed by atoms with Crippen LogP contribution in [0.5, 0.6) is 0 Å². The molecule has 0 aliphatic rings. The second kappa shape index (κ2) is 37.7. The first-order valence-electron chi connectivity index (χ1n) is 35.1. The van der Waals surface area contributed by atoms with Crippen LogP contribution in [0, 0.1) is 37.3 Å². The lowest BCUT2D eigenvalue weighted by Crippen LogP contribution is -2.06. The molecule has 2 unspecified atom stereocenters. The highest BCUT2D eigenvalue weighted by atomic mass is 32.1. The molecule has 8 aromatic heterocycles. The summed E-state index contributed by atoms with van der Waals surface area (Å²) in [6.07, 6.45) is 43.2. The van der Waals surface area contributed by atoms with Crippen LogP contribution >= 0.6 is 91.1 Å². The van der Waals surface area contributed by atoms with Crippen LogP contribution in [0.25, 0.3) is 80.7 Å². The summed E-state index contributed by atoms with van der Waals surface area (Å²) >= 11 is 13.3. The van der Waals surface area contributed by atoms with Gasteiger partial charge in [-0.15, -0.1) is 79.4 Å². The quantitative estimate of drug-likeness (QED) is 0.0387. The summed E-state index contributed by atoms with van der Waals surface area (Å²) < 4.78 is 44.9. The fourth-order valence-electron chi connectivity index (χ4n) is 13.3. The maximum atomic E-state index is 17.7. The lowest BCUT2D eigenvalue weighted by Gasteiger charge is -2.17. The molecule has 3 nitrogen and oxygen atoms in total. The summed E-state index contributed by atoms with van der Waals surface area (Å²) in [6, 6.07) is 24.4. The number of aliphatic hydroxyl groups excluding tert-OH is 1. The van der Waals surface area contributed by atoms with Gasteiger partial charge in [0.25, 0.3) is 0 Å². The third-order valence-corrected chi connectivity index (χ3v) is 27.7. The van der Waals surface area contributed by atoms with Crippen molar-refractivity contribution >= 4 is 102 Å². The van der Waals surface area contributed by atoms with Crippen LogP contribution in [0.15, 0.2) is 66.7 Å². The van der Waals surface area contributed by atoms with E-state index in [0.29, 0.717) is 22.9 Å². The molecule has 9 rings (SSSR count). The zero-order chi connectivity index (χ0) is 63.0. The summed E-state index contributed by atoms with van der Waals surface area (Å²) in [5.41, 5.74) is 4.94. The lowest BCUT2D eigenvalue weighted by atomic mass is 9.88. The summed E-state index contributed by atoms with van der Waals surface area (Å²) in [7, 11) is 0. The molecule has 2 atom stereocenters. The number of halogens is 2. The molecule has 1 N–H and O–H groups in total. The summed E-state index contributed by atoms with van der Waals surface area (Å²) in [4.78, 5) is 15.9. The molecule has 0 bridgehead atoms. The van der Waals surface area contributed by atoms with Crippen LogP contribution < -0.4 is 0 Å². The Kier molecular flexibility index (Phi) is 29.8. The number of aliphatic hydroxyl groups is 1. The normalized spacial score (nSPS) is 12.6. The minimum atomic E-state index is -0.813. The maximum Gasteiger partial charge on any atom is 0.170 e. The number of aromatic nitrogens is 2. The Morgan fingerprint density at radius 2 is 0.689 bits per heavy atom. The monoisotopic (exact) mass is 1360 g/mol. The SMILES string of the molecule is CCCCCCCCCCC(CCCCCCCC)Cc1cc(-c2c(F)c(F)c(-c3cc(CC(CCCCCCCC)CCCCCCCCCC)c(-c4ccc(-c5ccc(-c6cc(CO)c(-c7ccc(-c8ccc(C)s8)s7)s6)s5)s4)s3)c3nsnc23)sc1C. The molecule has 0 saturated carbocycles. The molecular weight excluding hydrogens is 1260 g/mol. The Labute approximate surface area is 572 Å². The first-order chi connectivity index (χ1) is 44.1. The second-order valence-corrected chi connectivity index (χ2v) is 34.2. The zero-order valence-electron chi connectivity index (χ0n) is 55.1. The Hall–Kier alpha value is -3.24. The van der Waals surface area contributed by atoms with E-state index in [9.17, 15) is 5.11 Å². The first-order valence-corrected chi connectivity index (χ1v) is 41.5. The minimum Gasteiger partial charge on any atom is -0.392 e. The number of nitrogens with zero attached hydrogens (tertiary/aromatic N) is 2. The predicted octanol–water partition coefficient (Wildman–Crippen LogP) is 29.1. The number of thiophene rings is 7. The van der Waals surface area contributed by atoms with Crippen LogP contribution in [0.4, 0.5) is 8.78 Å². The fourth-order valence-corrected chi connectivity index (χ4v) is 21.8. The molecule has 0 amide bonds. The Bertz CT molecular complexity index is 3520. The Balaban J connectivity index is 1.01. The van der Waals surface area contributed by atoms with Crippen molar-refractivity contribution in [3.63, 3.8) is 0 Å². The van der Waals surface area contributed by atoms with Gasteiger partial charge >= 0.3 is 0 Å². The first kappa shape index (κ1) is 71.1. The molecule has 0 aliphatic carbocycles. The molecule has 9 aromatic rings. The van der Waals surface area contributed by atoms with E-state index in [1.807, 2.05) is 11.3 Å². The molecule has 0 aliphatic heterocycles. The van der Waals surface area contributed by atoms with Gasteiger partial charge in [-0.3, -0.25) is 0 Å². The Morgan fingerprint density at radius 3 is 1.12 bits per heavy atom. The van der Waals surface area contributed by atoms with Gasteiger partial charge in [0.05, 0.1) is 34.3 Å². The smallest absolute Gasteiger partial charge is 0.170 e. The van der Waals surface area contributed by atoms with E-state index in [-0.39, 0.29) is 17.7 Å². The van der Waals surface area contributed by atoms with Crippen molar-refractivity contribution in [2.75, 3.05) is 0 Å². The van der Waals surface area contributed by atoms with E-state index >= 15 is 8.78 Å². The molecule has 13 heteroatoms. The van der Waals surface area contributed by atoms with Crippen LogP contribution in [0.2, 0.25) is 0 Å². The van der Waals surface area contributed by atoms with Crippen molar-refractivity contribution in [2.45, 2.75) is 266 Å². The molecule has 0 radical (unpaired) electrons. The average Bonchev–Trinajstić information content (AvgIpc) is 1.57. The van der Waals surface area contributed by atoms with Crippen molar-refractivity contribution < 1.29 is 13.9 Å². The molecule has 1 aromatic carbocycles. The molecule has 0 saturated heterocycles. The number of rotatable bonds is 44. The van der Waals surface area contributed by atoms with Gasteiger partial charge in [-0.2, -0.15) is 8.75 Å². The predicted molar refractivity (Wildman–Crippen MR) is 401 cm³/mol. The van der Waals surface area contributed by atoms with Crippen LogP contribution in [0.1, 0.15) is 260 Å². The van der Waals surface area contributed by atoms with E-state index in [1.54, 1.807) is 68.0 Å². The van der Waals surface area contributed by atoms with E-state index in [0.717, 1.165) is 59.4 Å². The largest absolute Gasteiger partial charge is 0.392 e. The van der Waals surface area contributed by atoms with Gasteiger partial charge in [-0.1, -0.05) is 233 Å². The average molecular weight is 1370 g/mol. The van der Waals surface area contributed by atoms with E-state index < -0.39 is 11.6 Å². The van der Waals surface area contributed by atoms with Crippen LogP contribution in [0.3, 0.4) is 0 Å². The van der Waals surface area contributed by atoms with Gasteiger partial charge in [0.2, 0.25) is 0 Å². The van der Waals surface area contributed by atoms with Crippen molar-refractivity contribution in [1.29, 1.82) is 0 Å². The number of aryl methyl sites for hydroxylation is 2. The molecule has 8 heterocycles.